The number of piperidine rings is 1. The summed E-state index contributed by atoms with van der Waals surface area (Å²) in [5.41, 5.74) is 4.37. The van der Waals surface area contributed by atoms with Gasteiger partial charge in [0.2, 0.25) is 5.91 Å². The molecule has 2 aliphatic heterocycles. The van der Waals surface area contributed by atoms with Crippen LogP contribution in [0.2, 0.25) is 0 Å². The number of carbonyl (C=O) groups is 1. The minimum Gasteiger partial charge on any atom is -0.396 e. The molecule has 1 aromatic heterocycles. The van der Waals surface area contributed by atoms with Crippen molar-refractivity contribution in [1.82, 2.24) is 15.2 Å². The molecule has 4 rings (SSSR count). The summed E-state index contributed by atoms with van der Waals surface area (Å²) in [5, 5.41) is 14.0. The molecule has 2 unspecified atom stereocenters. The van der Waals surface area contributed by atoms with Gasteiger partial charge in [0.1, 0.15) is 5.82 Å². The number of carbonyl (C=O) groups excluding carboxylic acids is 1. The SMILES string of the molecule is CC(C(Cc1cscn1)C(=O)NCCCO)N1CCC2(CC1)OCc1ccc(F)cc12. The Bertz CT molecular complexity index is 884. The molecular weight excluding hydrogens is 417 g/mol. The lowest BCUT2D eigenvalue weighted by atomic mass is 9.82. The molecule has 1 amide bonds. The highest BCUT2D eigenvalue weighted by Gasteiger charge is 2.44. The Labute approximate surface area is 186 Å². The maximum atomic E-state index is 13.9. The molecule has 0 radical (unpaired) electrons. The van der Waals surface area contributed by atoms with E-state index in [9.17, 15) is 9.18 Å². The van der Waals surface area contributed by atoms with Gasteiger partial charge in [-0.3, -0.25) is 9.69 Å². The molecule has 6 nitrogen and oxygen atoms in total. The van der Waals surface area contributed by atoms with E-state index in [1.807, 2.05) is 11.4 Å². The van der Waals surface area contributed by atoms with Crippen LogP contribution in [0, 0.1) is 11.7 Å². The molecule has 1 saturated heterocycles. The fourth-order valence-electron chi connectivity index (χ4n) is 4.82. The van der Waals surface area contributed by atoms with Gasteiger partial charge < -0.3 is 15.2 Å². The Kier molecular flexibility index (Phi) is 7.01. The maximum absolute atomic E-state index is 13.9. The number of nitrogens with one attached hydrogen (secondary N) is 1. The summed E-state index contributed by atoms with van der Waals surface area (Å²) in [6, 6.07) is 4.98. The summed E-state index contributed by atoms with van der Waals surface area (Å²) in [5.74, 6) is -0.454. The van der Waals surface area contributed by atoms with E-state index in [0.29, 0.717) is 26.0 Å². The summed E-state index contributed by atoms with van der Waals surface area (Å²) in [7, 11) is 0. The monoisotopic (exact) mass is 447 g/mol. The molecule has 0 bridgehead atoms. The van der Waals surface area contributed by atoms with E-state index >= 15 is 0 Å². The van der Waals surface area contributed by atoms with Gasteiger partial charge in [0.05, 0.1) is 29.3 Å². The van der Waals surface area contributed by atoms with Crippen LogP contribution in [0.25, 0.3) is 0 Å². The number of nitrogens with zero attached hydrogens (tertiary/aromatic N) is 2. The van der Waals surface area contributed by atoms with Crippen molar-refractivity contribution in [2.24, 2.45) is 5.92 Å². The molecule has 1 fully saturated rings. The molecule has 1 spiro atoms. The standard InChI is InChI=1S/C23H30FN3O3S/c1-16(20(12-19-14-31-15-26-19)22(29)25-7-2-10-28)27-8-5-23(6-9-27)21-11-18(24)4-3-17(21)13-30-23/h3-4,11,14-16,20,28H,2,5-10,12-13H2,1H3,(H,25,29). The number of hydrogen-bond donors (Lipinski definition) is 2. The van der Waals surface area contributed by atoms with Crippen LogP contribution in [-0.2, 0) is 28.2 Å². The lowest BCUT2D eigenvalue weighted by Gasteiger charge is -2.43. The number of benzene rings is 1. The van der Waals surface area contributed by atoms with E-state index in [2.05, 4.69) is 22.1 Å². The smallest absolute Gasteiger partial charge is 0.225 e. The predicted octanol–water partition coefficient (Wildman–Crippen LogP) is 2.85. The van der Waals surface area contributed by atoms with Gasteiger partial charge in [0.25, 0.3) is 0 Å². The van der Waals surface area contributed by atoms with Crippen LogP contribution in [0.1, 0.15) is 43.0 Å². The van der Waals surface area contributed by atoms with E-state index in [1.165, 1.54) is 17.4 Å². The van der Waals surface area contributed by atoms with Gasteiger partial charge in [-0.05, 0) is 49.4 Å². The molecule has 0 saturated carbocycles. The Balaban J connectivity index is 1.44. The van der Waals surface area contributed by atoms with E-state index in [1.54, 1.807) is 11.6 Å². The van der Waals surface area contributed by atoms with Gasteiger partial charge >= 0.3 is 0 Å². The number of aliphatic hydroxyl groups excluding tert-OH is 1. The van der Waals surface area contributed by atoms with Crippen LogP contribution in [0.3, 0.4) is 0 Å². The van der Waals surface area contributed by atoms with Gasteiger partial charge in [0, 0.05) is 44.1 Å². The molecular formula is C23H30FN3O3S. The summed E-state index contributed by atoms with van der Waals surface area (Å²) in [6.07, 6.45) is 2.69. The van der Waals surface area contributed by atoms with Crippen molar-refractivity contribution in [2.75, 3.05) is 26.2 Å². The van der Waals surface area contributed by atoms with E-state index < -0.39 is 5.60 Å². The minimum atomic E-state index is -0.415. The van der Waals surface area contributed by atoms with Crippen molar-refractivity contribution < 1.29 is 19.0 Å². The third-order valence-electron chi connectivity index (χ3n) is 6.71. The van der Waals surface area contributed by atoms with Crippen molar-refractivity contribution in [1.29, 1.82) is 0 Å². The van der Waals surface area contributed by atoms with Crippen LogP contribution in [-0.4, -0.2) is 53.2 Å². The minimum absolute atomic E-state index is 0.00114. The second-order valence-corrected chi connectivity index (χ2v) is 9.24. The number of fused-ring (bicyclic) bond motifs is 2. The van der Waals surface area contributed by atoms with E-state index in [4.69, 9.17) is 9.84 Å². The molecule has 2 N–H and O–H groups in total. The number of aromatic nitrogens is 1. The molecule has 1 aromatic carbocycles. The average molecular weight is 448 g/mol. The number of rotatable bonds is 8. The molecule has 0 aliphatic carbocycles. The number of thiazole rings is 1. The van der Waals surface area contributed by atoms with Crippen LogP contribution < -0.4 is 5.32 Å². The molecule has 168 valence electrons. The van der Waals surface area contributed by atoms with Crippen molar-refractivity contribution in [3.05, 3.63) is 51.7 Å². The fourth-order valence-corrected chi connectivity index (χ4v) is 5.39. The first-order chi connectivity index (χ1) is 15.0. The van der Waals surface area contributed by atoms with Crippen molar-refractivity contribution in [3.8, 4) is 0 Å². The zero-order valence-electron chi connectivity index (χ0n) is 17.8. The normalized spacial score (nSPS) is 19.8. The highest BCUT2D eigenvalue weighted by atomic mass is 32.1. The topological polar surface area (TPSA) is 74.7 Å². The summed E-state index contributed by atoms with van der Waals surface area (Å²) in [4.78, 5) is 19.7. The van der Waals surface area contributed by atoms with Crippen LogP contribution >= 0.6 is 11.3 Å². The second kappa shape index (κ2) is 9.73. The fraction of sp³-hybridized carbons (Fsp3) is 0.565. The summed E-state index contributed by atoms with van der Waals surface area (Å²) >= 11 is 1.53. The second-order valence-electron chi connectivity index (χ2n) is 8.52. The van der Waals surface area contributed by atoms with Gasteiger partial charge in [-0.15, -0.1) is 11.3 Å². The zero-order valence-corrected chi connectivity index (χ0v) is 18.7. The van der Waals surface area contributed by atoms with Gasteiger partial charge in [-0.1, -0.05) is 6.07 Å². The third-order valence-corrected chi connectivity index (χ3v) is 7.35. The van der Waals surface area contributed by atoms with Crippen molar-refractivity contribution >= 4 is 17.2 Å². The molecule has 3 heterocycles. The quantitative estimate of drug-likeness (QED) is 0.609. The third kappa shape index (κ3) is 4.82. The van der Waals surface area contributed by atoms with Crippen molar-refractivity contribution in [3.63, 3.8) is 0 Å². The Morgan fingerprint density at radius 3 is 2.94 bits per heavy atom. The highest BCUT2D eigenvalue weighted by Crippen LogP contribution is 2.44. The molecule has 2 atom stereocenters. The number of hydrogen-bond acceptors (Lipinski definition) is 6. The Hall–Kier alpha value is -1.87. The molecule has 2 aliphatic rings. The van der Waals surface area contributed by atoms with Crippen LogP contribution in [0.15, 0.2) is 29.1 Å². The molecule has 31 heavy (non-hydrogen) atoms. The lowest BCUT2D eigenvalue weighted by molar-refractivity contribution is -0.128. The first kappa shape index (κ1) is 22.3. The Morgan fingerprint density at radius 2 is 2.23 bits per heavy atom. The highest BCUT2D eigenvalue weighted by molar-refractivity contribution is 7.07. The molecule has 2 aromatic rings. The number of aliphatic hydroxyl groups is 1. The molecule has 8 heteroatoms. The van der Waals surface area contributed by atoms with Gasteiger partial charge in [-0.25, -0.2) is 9.37 Å². The Morgan fingerprint density at radius 1 is 1.42 bits per heavy atom. The lowest BCUT2D eigenvalue weighted by Crippen LogP contribution is -2.51. The van der Waals surface area contributed by atoms with Crippen LogP contribution in [0.4, 0.5) is 4.39 Å². The van der Waals surface area contributed by atoms with E-state index in [-0.39, 0.29) is 30.3 Å². The number of likely N-dealkylation sites (tertiary alicyclic amines) is 1. The summed E-state index contributed by atoms with van der Waals surface area (Å²) < 4.78 is 20.1. The number of halogens is 1. The average Bonchev–Trinajstić information content (AvgIpc) is 3.41. The number of amides is 1. The predicted molar refractivity (Wildman–Crippen MR) is 117 cm³/mol. The van der Waals surface area contributed by atoms with Crippen molar-refractivity contribution in [2.45, 2.75) is 50.9 Å². The summed E-state index contributed by atoms with van der Waals surface area (Å²) in [6.45, 7) is 4.73. The van der Waals surface area contributed by atoms with Gasteiger partial charge in [0.15, 0.2) is 0 Å². The largest absolute Gasteiger partial charge is 0.396 e. The first-order valence-electron chi connectivity index (χ1n) is 10.9. The zero-order chi connectivity index (χ0) is 21.8. The van der Waals surface area contributed by atoms with Crippen LogP contribution in [0.5, 0.6) is 0 Å². The maximum Gasteiger partial charge on any atom is 0.225 e. The van der Waals surface area contributed by atoms with Gasteiger partial charge in [-0.2, -0.15) is 0 Å². The number of ether oxygens (including phenoxy) is 1. The van der Waals surface area contributed by atoms with E-state index in [0.717, 1.165) is 42.8 Å². The first-order valence-corrected chi connectivity index (χ1v) is 11.9.